The van der Waals surface area contributed by atoms with E-state index in [1.54, 1.807) is 0 Å². The van der Waals surface area contributed by atoms with Crippen LogP contribution in [-0.2, 0) is 14.3 Å². The SMILES string of the molecule is CCCCCCCCCOS(=O)(=O)c1ccccc1[N+](=O)[O-]. The zero-order valence-electron chi connectivity index (χ0n) is 12.9. The Morgan fingerprint density at radius 2 is 1.64 bits per heavy atom. The van der Waals surface area contributed by atoms with Crippen molar-refractivity contribution in [3.05, 3.63) is 34.4 Å². The maximum absolute atomic E-state index is 12.0. The van der Waals surface area contributed by atoms with Crippen LogP contribution in [-0.4, -0.2) is 19.9 Å². The molecule has 124 valence electrons. The van der Waals surface area contributed by atoms with Crippen molar-refractivity contribution < 1.29 is 17.5 Å². The van der Waals surface area contributed by atoms with E-state index < -0.39 is 20.7 Å². The highest BCUT2D eigenvalue weighted by Crippen LogP contribution is 2.24. The minimum Gasteiger partial charge on any atom is -0.266 e. The molecule has 22 heavy (non-hydrogen) atoms. The first-order valence-corrected chi connectivity index (χ1v) is 9.02. The molecular weight excluding hydrogens is 306 g/mol. The van der Waals surface area contributed by atoms with Gasteiger partial charge in [0, 0.05) is 6.07 Å². The average molecular weight is 329 g/mol. The van der Waals surface area contributed by atoms with E-state index in [0.717, 1.165) is 25.3 Å². The van der Waals surface area contributed by atoms with E-state index in [1.807, 2.05) is 0 Å². The highest BCUT2D eigenvalue weighted by Gasteiger charge is 2.25. The van der Waals surface area contributed by atoms with Gasteiger partial charge in [0.05, 0.1) is 11.5 Å². The van der Waals surface area contributed by atoms with Gasteiger partial charge in [0.2, 0.25) is 0 Å². The summed E-state index contributed by atoms with van der Waals surface area (Å²) >= 11 is 0. The van der Waals surface area contributed by atoms with E-state index >= 15 is 0 Å². The molecule has 0 spiro atoms. The zero-order valence-corrected chi connectivity index (χ0v) is 13.7. The summed E-state index contributed by atoms with van der Waals surface area (Å²) in [6.07, 6.45) is 7.34. The molecule has 0 saturated carbocycles. The van der Waals surface area contributed by atoms with Crippen molar-refractivity contribution in [1.29, 1.82) is 0 Å². The molecule has 1 aromatic rings. The van der Waals surface area contributed by atoms with E-state index in [2.05, 4.69) is 6.92 Å². The minimum absolute atomic E-state index is 0.0577. The van der Waals surface area contributed by atoms with Crippen LogP contribution in [0.25, 0.3) is 0 Å². The summed E-state index contributed by atoms with van der Waals surface area (Å²) in [6.45, 7) is 2.21. The molecule has 0 amide bonds. The smallest absolute Gasteiger partial charge is 0.266 e. The summed E-state index contributed by atoms with van der Waals surface area (Å²) in [5.74, 6) is 0. The lowest BCUT2D eigenvalue weighted by atomic mass is 10.1. The van der Waals surface area contributed by atoms with Crippen molar-refractivity contribution in [1.82, 2.24) is 0 Å². The fourth-order valence-corrected chi connectivity index (χ4v) is 3.22. The number of unbranched alkanes of at least 4 members (excludes halogenated alkanes) is 6. The molecule has 1 aromatic carbocycles. The van der Waals surface area contributed by atoms with Crippen LogP contribution >= 0.6 is 0 Å². The van der Waals surface area contributed by atoms with Crippen LogP contribution < -0.4 is 0 Å². The Kier molecular flexibility index (Phi) is 8.05. The third-order valence-electron chi connectivity index (χ3n) is 3.32. The predicted octanol–water partition coefficient (Wildman–Crippen LogP) is 4.05. The molecule has 0 atom stereocenters. The fourth-order valence-electron chi connectivity index (χ4n) is 2.11. The van der Waals surface area contributed by atoms with Crippen LogP contribution in [0.1, 0.15) is 51.9 Å². The van der Waals surface area contributed by atoms with Crippen LogP contribution in [0.2, 0.25) is 0 Å². The molecular formula is C15H23NO5S. The van der Waals surface area contributed by atoms with Crippen LogP contribution in [0.5, 0.6) is 0 Å². The molecule has 0 aliphatic rings. The maximum Gasteiger partial charge on any atom is 0.303 e. The van der Waals surface area contributed by atoms with Gasteiger partial charge in [0.25, 0.3) is 5.69 Å². The van der Waals surface area contributed by atoms with E-state index in [0.29, 0.717) is 6.42 Å². The lowest BCUT2D eigenvalue weighted by Crippen LogP contribution is -2.10. The molecule has 0 bridgehead atoms. The number of benzene rings is 1. The Hall–Kier alpha value is -1.47. The van der Waals surface area contributed by atoms with Crippen LogP contribution in [0, 0.1) is 10.1 Å². The van der Waals surface area contributed by atoms with Gasteiger partial charge in [-0.25, -0.2) is 0 Å². The Bertz CT molecular complexity index is 571. The molecule has 0 fully saturated rings. The molecule has 0 aliphatic heterocycles. The minimum atomic E-state index is -4.08. The maximum atomic E-state index is 12.0. The molecule has 0 N–H and O–H groups in total. The second-order valence-corrected chi connectivity index (χ2v) is 6.71. The van der Waals surface area contributed by atoms with Crippen LogP contribution in [0.3, 0.4) is 0 Å². The Balaban J connectivity index is 2.44. The number of hydrogen-bond acceptors (Lipinski definition) is 5. The van der Waals surface area contributed by atoms with Crippen molar-refractivity contribution in [2.75, 3.05) is 6.61 Å². The lowest BCUT2D eigenvalue weighted by Gasteiger charge is -2.06. The highest BCUT2D eigenvalue weighted by atomic mass is 32.2. The summed E-state index contributed by atoms with van der Waals surface area (Å²) in [4.78, 5) is 9.75. The summed E-state index contributed by atoms with van der Waals surface area (Å²) < 4.78 is 28.9. The standard InChI is InChI=1S/C15H23NO5S/c1-2-3-4-5-6-7-10-13-21-22(19,20)15-12-9-8-11-14(15)16(17)18/h8-9,11-12H,2-7,10,13H2,1H3. The van der Waals surface area contributed by atoms with Crippen LogP contribution in [0.4, 0.5) is 5.69 Å². The number of rotatable bonds is 11. The Labute approximate surface area is 131 Å². The predicted molar refractivity (Wildman–Crippen MR) is 84.2 cm³/mol. The van der Waals surface area contributed by atoms with Crippen molar-refractivity contribution >= 4 is 15.8 Å². The van der Waals surface area contributed by atoms with Gasteiger partial charge >= 0.3 is 10.1 Å². The Morgan fingerprint density at radius 1 is 1.05 bits per heavy atom. The molecule has 0 radical (unpaired) electrons. The summed E-state index contributed by atoms with van der Waals surface area (Å²) in [6, 6.07) is 5.21. The third kappa shape index (κ3) is 6.11. The van der Waals surface area contributed by atoms with Crippen molar-refractivity contribution in [2.24, 2.45) is 0 Å². The number of nitro benzene ring substituents is 1. The summed E-state index contributed by atoms with van der Waals surface area (Å²) in [5, 5.41) is 10.9. The topological polar surface area (TPSA) is 86.5 Å². The quantitative estimate of drug-likeness (QED) is 0.264. The van der Waals surface area contributed by atoms with E-state index in [4.69, 9.17) is 4.18 Å². The van der Waals surface area contributed by atoms with Gasteiger partial charge in [-0.05, 0) is 12.5 Å². The Morgan fingerprint density at radius 3 is 2.27 bits per heavy atom. The second-order valence-electron chi connectivity index (χ2n) is 5.12. The van der Waals surface area contributed by atoms with E-state index in [9.17, 15) is 18.5 Å². The molecule has 0 saturated heterocycles. The summed E-state index contributed by atoms with van der Waals surface area (Å²) in [7, 11) is -4.08. The first-order valence-electron chi connectivity index (χ1n) is 7.62. The van der Waals surface area contributed by atoms with Gasteiger partial charge in [0.1, 0.15) is 0 Å². The molecule has 1 rings (SSSR count). The zero-order chi connectivity index (χ0) is 16.4. The molecule has 0 unspecified atom stereocenters. The number of para-hydroxylation sites is 1. The second kappa shape index (κ2) is 9.53. The molecule has 7 heteroatoms. The van der Waals surface area contributed by atoms with Crippen LogP contribution in [0.15, 0.2) is 29.2 Å². The first kappa shape index (κ1) is 18.6. The van der Waals surface area contributed by atoms with Crippen molar-refractivity contribution in [2.45, 2.75) is 56.8 Å². The fraction of sp³-hybridized carbons (Fsp3) is 0.600. The number of nitrogens with zero attached hydrogens (tertiary/aromatic N) is 1. The molecule has 6 nitrogen and oxygen atoms in total. The van der Waals surface area contributed by atoms with Gasteiger partial charge in [-0.2, -0.15) is 8.42 Å². The van der Waals surface area contributed by atoms with E-state index in [1.165, 1.54) is 37.5 Å². The van der Waals surface area contributed by atoms with Gasteiger partial charge < -0.3 is 0 Å². The highest BCUT2D eigenvalue weighted by molar-refractivity contribution is 7.87. The largest absolute Gasteiger partial charge is 0.303 e. The van der Waals surface area contributed by atoms with Gasteiger partial charge in [0.15, 0.2) is 4.90 Å². The van der Waals surface area contributed by atoms with Crippen molar-refractivity contribution in [3.8, 4) is 0 Å². The first-order chi connectivity index (χ1) is 10.5. The number of hydrogen-bond donors (Lipinski definition) is 0. The molecule has 0 aromatic heterocycles. The van der Waals surface area contributed by atoms with Crippen molar-refractivity contribution in [3.63, 3.8) is 0 Å². The average Bonchev–Trinajstić information content (AvgIpc) is 2.50. The third-order valence-corrected chi connectivity index (χ3v) is 4.68. The lowest BCUT2D eigenvalue weighted by molar-refractivity contribution is -0.387. The van der Waals surface area contributed by atoms with Gasteiger partial charge in [-0.1, -0.05) is 57.6 Å². The summed E-state index contributed by atoms with van der Waals surface area (Å²) in [5.41, 5.74) is -0.456. The monoisotopic (exact) mass is 329 g/mol. The van der Waals surface area contributed by atoms with E-state index in [-0.39, 0.29) is 11.5 Å². The number of nitro groups is 1. The van der Waals surface area contributed by atoms with Gasteiger partial charge in [-0.15, -0.1) is 0 Å². The normalized spacial score (nSPS) is 11.5. The molecule has 0 aliphatic carbocycles. The molecule has 0 heterocycles. The van der Waals surface area contributed by atoms with Gasteiger partial charge in [-0.3, -0.25) is 14.3 Å².